The van der Waals surface area contributed by atoms with Gasteiger partial charge >= 0.3 is 0 Å². The summed E-state index contributed by atoms with van der Waals surface area (Å²) in [6, 6.07) is 24.1. The molecule has 8 heteroatoms. The van der Waals surface area contributed by atoms with Gasteiger partial charge in [-0.1, -0.05) is 42.5 Å². The second-order valence-corrected chi connectivity index (χ2v) is 11.9. The van der Waals surface area contributed by atoms with Crippen molar-refractivity contribution in [2.45, 2.75) is 11.3 Å². The Morgan fingerprint density at radius 2 is 1.58 bits per heavy atom. The van der Waals surface area contributed by atoms with E-state index in [1.165, 1.54) is 0 Å². The SMILES string of the molecule is CN1CCN(c2ccc(C(=O)NC3=CC(c4ccc(CCS(=O)(=O)c5ccccc5)cc4)=NC3)cc2)CC1. The highest BCUT2D eigenvalue weighted by Gasteiger charge is 2.17. The molecule has 196 valence electrons. The first-order valence-corrected chi connectivity index (χ1v) is 14.5. The molecule has 0 unspecified atom stereocenters. The van der Waals surface area contributed by atoms with Gasteiger partial charge in [0, 0.05) is 43.1 Å². The molecule has 0 saturated carbocycles. The van der Waals surface area contributed by atoms with E-state index in [1.807, 2.05) is 54.6 Å². The molecule has 1 N–H and O–H groups in total. The maximum absolute atomic E-state index is 12.8. The van der Waals surface area contributed by atoms with Crippen molar-refractivity contribution in [1.29, 1.82) is 0 Å². The van der Waals surface area contributed by atoms with Crippen LogP contribution in [0.5, 0.6) is 0 Å². The third-order valence-electron chi connectivity index (χ3n) is 7.01. The normalized spacial score (nSPS) is 16.2. The van der Waals surface area contributed by atoms with E-state index in [0.29, 0.717) is 23.4 Å². The summed E-state index contributed by atoms with van der Waals surface area (Å²) in [4.78, 5) is 22.4. The van der Waals surface area contributed by atoms with Crippen LogP contribution in [0.4, 0.5) is 5.69 Å². The zero-order chi connectivity index (χ0) is 26.5. The standard InChI is InChI=1S/C30H32N4O3S/c1-33-16-18-34(19-17-33)27-13-11-25(12-14-27)30(35)32-26-21-29(31-22-26)24-9-7-23(8-10-24)15-20-38(36,37)28-5-3-2-4-6-28/h2-14,21H,15-20,22H2,1H3,(H,32,35). The Balaban J connectivity index is 1.15. The number of piperazine rings is 1. The first-order chi connectivity index (χ1) is 18.4. The Morgan fingerprint density at radius 3 is 2.26 bits per heavy atom. The van der Waals surface area contributed by atoms with Crippen LogP contribution in [-0.4, -0.2) is 70.5 Å². The molecule has 7 nitrogen and oxygen atoms in total. The van der Waals surface area contributed by atoms with Crippen LogP contribution >= 0.6 is 0 Å². The zero-order valence-corrected chi connectivity index (χ0v) is 22.3. The van der Waals surface area contributed by atoms with E-state index in [2.05, 4.69) is 27.2 Å². The molecule has 0 aliphatic carbocycles. The largest absolute Gasteiger partial charge is 0.369 e. The molecule has 1 saturated heterocycles. The number of nitrogens with zero attached hydrogens (tertiary/aromatic N) is 3. The van der Waals surface area contributed by atoms with Crippen LogP contribution < -0.4 is 10.2 Å². The fourth-order valence-electron chi connectivity index (χ4n) is 4.62. The van der Waals surface area contributed by atoms with Crippen LogP contribution in [-0.2, 0) is 16.3 Å². The van der Waals surface area contributed by atoms with Crippen molar-refractivity contribution in [1.82, 2.24) is 10.2 Å². The Labute approximate surface area is 224 Å². The van der Waals surface area contributed by atoms with E-state index in [4.69, 9.17) is 0 Å². The molecular formula is C30H32N4O3S. The number of hydrogen-bond donors (Lipinski definition) is 1. The van der Waals surface area contributed by atoms with Crippen molar-refractivity contribution in [3.63, 3.8) is 0 Å². The summed E-state index contributed by atoms with van der Waals surface area (Å²) < 4.78 is 25.1. The van der Waals surface area contributed by atoms with Crippen LogP contribution in [0.15, 0.2) is 101 Å². The predicted octanol–water partition coefficient (Wildman–Crippen LogP) is 3.57. The monoisotopic (exact) mass is 528 g/mol. The number of nitrogens with one attached hydrogen (secondary N) is 1. The van der Waals surface area contributed by atoms with Crippen molar-refractivity contribution in [3.8, 4) is 0 Å². The average Bonchev–Trinajstić information content (AvgIpc) is 3.42. The van der Waals surface area contributed by atoms with Crippen molar-refractivity contribution in [3.05, 3.63) is 107 Å². The number of carbonyl (C=O) groups excluding carboxylic acids is 1. The van der Waals surface area contributed by atoms with Crippen molar-refractivity contribution >= 4 is 27.1 Å². The van der Waals surface area contributed by atoms with Gasteiger partial charge in [0.25, 0.3) is 5.91 Å². The molecule has 1 fully saturated rings. The molecule has 0 aromatic heterocycles. The van der Waals surface area contributed by atoms with Crippen LogP contribution in [0.2, 0.25) is 0 Å². The predicted molar refractivity (Wildman–Crippen MR) is 152 cm³/mol. The number of allylic oxidation sites excluding steroid dienone is 1. The second-order valence-electron chi connectivity index (χ2n) is 9.74. The molecule has 2 aliphatic heterocycles. The quantitative estimate of drug-likeness (QED) is 0.484. The van der Waals surface area contributed by atoms with Gasteiger partial charge in [-0.05, 0) is 67.1 Å². The van der Waals surface area contributed by atoms with E-state index in [0.717, 1.165) is 54.4 Å². The number of carbonyl (C=O) groups is 1. The molecule has 3 aromatic carbocycles. The highest BCUT2D eigenvalue weighted by atomic mass is 32.2. The van der Waals surface area contributed by atoms with Gasteiger partial charge in [0.05, 0.1) is 22.9 Å². The number of likely N-dealkylation sites (N-methyl/N-ethyl adjacent to an activating group) is 1. The minimum atomic E-state index is -3.31. The van der Waals surface area contributed by atoms with Crippen molar-refractivity contribution < 1.29 is 13.2 Å². The van der Waals surface area contributed by atoms with E-state index in [9.17, 15) is 13.2 Å². The Kier molecular flexibility index (Phi) is 7.72. The minimum Gasteiger partial charge on any atom is -0.369 e. The smallest absolute Gasteiger partial charge is 0.255 e. The first kappa shape index (κ1) is 25.9. The fourth-order valence-corrected chi connectivity index (χ4v) is 5.94. The molecule has 2 aliphatic rings. The zero-order valence-electron chi connectivity index (χ0n) is 21.5. The summed E-state index contributed by atoms with van der Waals surface area (Å²) in [6.45, 7) is 4.47. The van der Waals surface area contributed by atoms with Gasteiger partial charge in [-0.15, -0.1) is 0 Å². The molecule has 1 amide bonds. The van der Waals surface area contributed by atoms with Gasteiger partial charge in [-0.3, -0.25) is 9.79 Å². The second kappa shape index (κ2) is 11.3. The molecule has 0 spiro atoms. The van der Waals surface area contributed by atoms with Crippen molar-refractivity contribution in [2.24, 2.45) is 4.99 Å². The molecular weight excluding hydrogens is 496 g/mol. The summed E-state index contributed by atoms with van der Waals surface area (Å²) in [5.41, 5.74) is 5.19. The lowest BCUT2D eigenvalue weighted by Gasteiger charge is -2.34. The molecule has 0 bridgehead atoms. The summed E-state index contributed by atoms with van der Waals surface area (Å²) in [5.74, 6) is -0.0865. The Morgan fingerprint density at radius 1 is 0.895 bits per heavy atom. The number of anilines is 1. The minimum absolute atomic E-state index is 0.0593. The highest BCUT2D eigenvalue weighted by molar-refractivity contribution is 7.91. The lowest BCUT2D eigenvalue weighted by Crippen LogP contribution is -2.44. The molecule has 2 heterocycles. The number of amides is 1. The van der Waals surface area contributed by atoms with Gasteiger partial charge < -0.3 is 15.1 Å². The number of aliphatic imine (C=N–C) groups is 1. The molecule has 0 radical (unpaired) electrons. The first-order valence-electron chi connectivity index (χ1n) is 12.8. The summed E-state index contributed by atoms with van der Waals surface area (Å²) >= 11 is 0. The Hall–Kier alpha value is -3.75. The van der Waals surface area contributed by atoms with E-state index >= 15 is 0 Å². The third kappa shape index (κ3) is 6.20. The number of aryl methyl sites for hydroxylation is 1. The van der Waals surface area contributed by atoms with Crippen LogP contribution in [0.3, 0.4) is 0 Å². The van der Waals surface area contributed by atoms with Gasteiger partial charge in [-0.25, -0.2) is 8.42 Å². The summed E-state index contributed by atoms with van der Waals surface area (Å²) in [5, 5.41) is 2.98. The number of hydrogen-bond acceptors (Lipinski definition) is 6. The number of sulfone groups is 1. The lowest BCUT2D eigenvalue weighted by molar-refractivity contribution is 0.0965. The summed E-state index contributed by atoms with van der Waals surface area (Å²) in [7, 11) is -1.18. The van der Waals surface area contributed by atoms with Crippen LogP contribution in [0.1, 0.15) is 21.5 Å². The molecule has 5 rings (SSSR count). The van der Waals surface area contributed by atoms with E-state index in [1.54, 1.807) is 30.3 Å². The van der Waals surface area contributed by atoms with E-state index in [-0.39, 0.29) is 11.7 Å². The van der Waals surface area contributed by atoms with Gasteiger partial charge in [0.1, 0.15) is 0 Å². The Bertz CT molecular complexity index is 1440. The van der Waals surface area contributed by atoms with Gasteiger partial charge in [0.15, 0.2) is 9.84 Å². The lowest BCUT2D eigenvalue weighted by atomic mass is 10.1. The maximum Gasteiger partial charge on any atom is 0.255 e. The highest BCUT2D eigenvalue weighted by Crippen LogP contribution is 2.19. The maximum atomic E-state index is 12.8. The van der Waals surface area contributed by atoms with E-state index < -0.39 is 9.84 Å². The average molecular weight is 529 g/mol. The third-order valence-corrected chi connectivity index (χ3v) is 8.75. The molecule has 3 aromatic rings. The van der Waals surface area contributed by atoms with Crippen LogP contribution in [0, 0.1) is 0 Å². The molecule has 0 atom stereocenters. The van der Waals surface area contributed by atoms with Crippen LogP contribution in [0.25, 0.3) is 0 Å². The molecule has 38 heavy (non-hydrogen) atoms. The van der Waals surface area contributed by atoms with Gasteiger partial charge in [-0.2, -0.15) is 0 Å². The van der Waals surface area contributed by atoms with Gasteiger partial charge in [0.2, 0.25) is 0 Å². The fraction of sp³-hybridized carbons (Fsp3) is 0.267. The summed E-state index contributed by atoms with van der Waals surface area (Å²) in [6.07, 6.45) is 2.33. The van der Waals surface area contributed by atoms with Crippen molar-refractivity contribution in [2.75, 3.05) is 50.4 Å². The number of rotatable bonds is 8. The number of benzene rings is 3. The topological polar surface area (TPSA) is 82.1 Å².